The lowest BCUT2D eigenvalue weighted by Crippen LogP contribution is -2.37. The molecular weight excluding hydrogens is 369 g/mol. The van der Waals surface area contributed by atoms with Crippen molar-refractivity contribution in [1.82, 2.24) is 5.32 Å². The van der Waals surface area contributed by atoms with Crippen LogP contribution in [0, 0.1) is 14.9 Å². The summed E-state index contributed by atoms with van der Waals surface area (Å²) in [5, 5.41) is 11.7. The van der Waals surface area contributed by atoms with Gasteiger partial charge in [-0.1, -0.05) is 13.3 Å². The molecule has 1 unspecified atom stereocenters. The monoisotopic (exact) mass is 387 g/mol. The van der Waals surface area contributed by atoms with Crippen molar-refractivity contribution in [2.75, 3.05) is 12.3 Å². The highest BCUT2D eigenvalue weighted by atomic mass is 127. The largest absolute Gasteiger partial charge is 0.478 e. The van der Waals surface area contributed by atoms with Crippen LogP contribution in [0.5, 0.6) is 5.75 Å². The summed E-state index contributed by atoms with van der Waals surface area (Å²) in [6.07, 6.45) is 1.33. The fraction of sp³-hybridized carbons (Fsp3) is 0.429. The molecule has 0 fully saturated rings. The smallest absolute Gasteiger partial charge is 0.260 e. The van der Waals surface area contributed by atoms with E-state index in [2.05, 4.69) is 12.2 Å². The Labute approximate surface area is 132 Å². The number of hydrogen-bond acceptors (Lipinski definition) is 4. The fourth-order valence-electron chi connectivity index (χ4n) is 1.57. The average molecular weight is 387 g/mol. The van der Waals surface area contributed by atoms with Crippen LogP contribution in [0.25, 0.3) is 0 Å². The number of carbonyl (C=O) groups excluding carboxylic acids is 1. The zero-order valence-electron chi connectivity index (χ0n) is 11.6. The van der Waals surface area contributed by atoms with Crippen LogP contribution >= 0.6 is 22.6 Å². The molecule has 1 aromatic rings. The van der Waals surface area contributed by atoms with E-state index in [1.807, 2.05) is 28.7 Å². The number of carbonyl (C=O) groups is 1. The second-order valence-electron chi connectivity index (χ2n) is 4.39. The third-order valence-electron chi connectivity index (χ3n) is 2.69. The number of nitrogen functional groups attached to an aromatic ring is 1. The van der Waals surface area contributed by atoms with Gasteiger partial charge in [-0.3, -0.25) is 4.79 Å². The van der Waals surface area contributed by atoms with Gasteiger partial charge in [0.25, 0.3) is 5.91 Å². The number of ether oxygens (including phenoxy) is 1. The van der Waals surface area contributed by atoms with Crippen LogP contribution < -0.4 is 15.8 Å². The van der Waals surface area contributed by atoms with Gasteiger partial charge in [-0.2, -0.15) is 5.26 Å². The Morgan fingerprint density at radius 2 is 2.30 bits per heavy atom. The summed E-state index contributed by atoms with van der Waals surface area (Å²) in [6.45, 7) is 4.38. The van der Waals surface area contributed by atoms with E-state index in [0.29, 0.717) is 27.1 Å². The van der Waals surface area contributed by atoms with Gasteiger partial charge in [0.2, 0.25) is 0 Å². The quantitative estimate of drug-likeness (QED) is 0.446. The average Bonchev–Trinajstić information content (AvgIpc) is 2.42. The van der Waals surface area contributed by atoms with Crippen molar-refractivity contribution in [2.45, 2.75) is 32.8 Å². The van der Waals surface area contributed by atoms with Crippen LogP contribution in [0.1, 0.15) is 32.3 Å². The molecule has 0 aliphatic rings. The van der Waals surface area contributed by atoms with Gasteiger partial charge >= 0.3 is 0 Å². The molecule has 0 spiro atoms. The molecule has 108 valence electrons. The Morgan fingerprint density at radius 1 is 1.60 bits per heavy atom. The number of nitrogens with zero attached hydrogens (tertiary/aromatic N) is 1. The molecule has 1 aromatic carbocycles. The van der Waals surface area contributed by atoms with E-state index in [4.69, 9.17) is 15.7 Å². The van der Waals surface area contributed by atoms with E-state index in [1.165, 1.54) is 0 Å². The summed E-state index contributed by atoms with van der Waals surface area (Å²) in [5.74, 6) is 0.278. The second kappa shape index (κ2) is 7.94. The third-order valence-corrected chi connectivity index (χ3v) is 3.50. The highest BCUT2D eigenvalue weighted by Gasteiger charge is 2.17. The molecule has 0 saturated carbocycles. The summed E-state index contributed by atoms with van der Waals surface area (Å²) in [5.41, 5.74) is 6.69. The molecule has 0 saturated heterocycles. The molecule has 20 heavy (non-hydrogen) atoms. The molecule has 6 heteroatoms. The third kappa shape index (κ3) is 4.56. The minimum Gasteiger partial charge on any atom is -0.478 e. The van der Waals surface area contributed by atoms with Crippen LogP contribution in [0.2, 0.25) is 0 Å². The zero-order chi connectivity index (χ0) is 15.1. The number of amides is 1. The molecule has 0 aliphatic heterocycles. The number of anilines is 1. The lowest BCUT2D eigenvalue weighted by atomic mass is 10.2. The van der Waals surface area contributed by atoms with Gasteiger partial charge in [0.05, 0.1) is 20.9 Å². The summed E-state index contributed by atoms with van der Waals surface area (Å²) < 4.78 is 6.33. The van der Waals surface area contributed by atoms with Crippen molar-refractivity contribution in [3.05, 3.63) is 21.3 Å². The number of unbranched alkanes of at least 4 members (excludes halogenated alkanes) is 1. The first-order valence-electron chi connectivity index (χ1n) is 6.43. The normalized spacial score (nSPS) is 11.5. The highest BCUT2D eigenvalue weighted by Crippen LogP contribution is 2.30. The molecule has 1 amide bonds. The van der Waals surface area contributed by atoms with Crippen molar-refractivity contribution in [3.8, 4) is 11.8 Å². The predicted octanol–water partition coefficient (Wildman–Crippen LogP) is 2.43. The van der Waals surface area contributed by atoms with Crippen LogP contribution in [0.15, 0.2) is 12.1 Å². The van der Waals surface area contributed by atoms with Gasteiger partial charge in [0, 0.05) is 6.54 Å². The summed E-state index contributed by atoms with van der Waals surface area (Å²) in [6, 6.07) is 5.24. The number of nitrogens with two attached hydrogens (primary N) is 1. The van der Waals surface area contributed by atoms with Crippen molar-refractivity contribution in [1.29, 1.82) is 5.26 Å². The van der Waals surface area contributed by atoms with E-state index < -0.39 is 6.10 Å². The van der Waals surface area contributed by atoms with Gasteiger partial charge in [0.1, 0.15) is 0 Å². The van der Waals surface area contributed by atoms with E-state index in [9.17, 15) is 4.79 Å². The Balaban J connectivity index is 2.73. The maximum atomic E-state index is 11.8. The fourth-order valence-corrected chi connectivity index (χ4v) is 2.34. The topological polar surface area (TPSA) is 88.1 Å². The number of nitriles is 1. The predicted molar refractivity (Wildman–Crippen MR) is 86.3 cm³/mol. The number of benzene rings is 1. The number of nitrogens with one attached hydrogen (secondary N) is 1. The molecule has 0 aromatic heterocycles. The summed E-state index contributed by atoms with van der Waals surface area (Å²) in [7, 11) is 0. The Hall–Kier alpha value is -1.49. The van der Waals surface area contributed by atoms with Crippen LogP contribution in [-0.2, 0) is 4.79 Å². The molecule has 1 rings (SSSR count). The van der Waals surface area contributed by atoms with Gasteiger partial charge < -0.3 is 15.8 Å². The van der Waals surface area contributed by atoms with E-state index >= 15 is 0 Å². The molecule has 0 heterocycles. The van der Waals surface area contributed by atoms with Gasteiger partial charge in [-0.25, -0.2) is 0 Å². The molecule has 0 aliphatic carbocycles. The Kier molecular flexibility index (Phi) is 6.58. The summed E-state index contributed by atoms with van der Waals surface area (Å²) in [4.78, 5) is 11.8. The first kappa shape index (κ1) is 16.6. The molecule has 3 N–H and O–H groups in total. The van der Waals surface area contributed by atoms with E-state index in [0.717, 1.165) is 12.8 Å². The second-order valence-corrected chi connectivity index (χ2v) is 5.56. The Morgan fingerprint density at radius 3 is 2.85 bits per heavy atom. The highest BCUT2D eigenvalue weighted by molar-refractivity contribution is 14.1. The van der Waals surface area contributed by atoms with Crippen LogP contribution in [-0.4, -0.2) is 18.6 Å². The minimum absolute atomic E-state index is 0.169. The maximum absolute atomic E-state index is 11.8. The molecule has 0 bridgehead atoms. The SMILES string of the molecule is CCCCNC(=O)C(C)Oc1c(N)cc(C#N)cc1I. The van der Waals surface area contributed by atoms with Gasteiger partial charge in [-0.15, -0.1) is 0 Å². The molecule has 5 nitrogen and oxygen atoms in total. The van der Waals surface area contributed by atoms with Crippen LogP contribution in [0.3, 0.4) is 0 Å². The lowest BCUT2D eigenvalue weighted by molar-refractivity contribution is -0.127. The molecule has 0 radical (unpaired) electrons. The van der Waals surface area contributed by atoms with E-state index in [1.54, 1.807) is 19.1 Å². The van der Waals surface area contributed by atoms with Crippen molar-refractivity contribution >= 4 is 34.2 Å². The summed E-state index contributed by atoms with van der Waals surface area (Å²) >= 11 is 2.04. The van der Waals surface area contributed by atoms with E-state index in [-0.39, 0.29) is 5.91 Å². The molecular formula is C14H18IN3O2. The maximum Gasteiger partial charge on any atom is 0.260 e. The number of hydrogen-bond donors (Lipinski definition) is 2. The zero-order valence-corrected chi connectivity index (χ0v) is 13.7. The Bertz CT molecular complexity index is 503. The first-order valence-corrected chi connectivity index (χ1v) is 7.51. The molecule has 1 atom stereocenters. The van der Waals surface area contributed by atoms with Crippen molar-refractivity contribution < 1.29 is 9.53 Å². The number of rotatable bonds is 6. The standard InChI is InChI=1S/C14H18IN3O2/c1-3-4-5-18-14(19)9(2)20-13-11(15)6-10(8-16)7-12(13)17/h6-7,9H,3-5,17H2,1-2H3,(H,18,19). The van der Waals surface area contributed by atoms with Crippen molar-refractivity contribution in [3.63, 3.8) is 0 Å². The minimum atomic E-state index is -0.629. The first-order chi connectivity index (χ1) is 9.49. The lowest BCUT2D eigenvalue weighted by Gasteiger charge is -2.17. The van der Waals surface area contributed by atoms with Gasteiger partial charge in [0.15, 0.2) is 11.9 Å². The number of halogens is 1. The van der Waals surface area contributed by atoms with Gasteiger partial charge in [-0.05, 0) is 48.1 Å². The van der Waals surface area contributed by atoms with Crippen LogP contribution in [0.4, 0.5) is 5.69 Å². The van der Waals surface area contributed by atoms with Crippen molar-refractivity contribution in [2.24, 2.45) is 0 Å².